The van der Waals surface area contributed by atoms with Gasteiger partial charge in [0.2, 0.25) is 0 Å². The molecule has 0 fully saturated rings. The molecule has 0 amide bonds. The fourth-order valence-electron chi connectivity index (χ4n) is 1.98. The zero-order valence-corrected chi connectivity index (χ0v) is 10.6. The standard InChI is InChI=1S/C14H15ClN2O/c15-13-6-2-1-5-11(13)12(8-16)14(18)10-4-3-7-17-9-10/h1-7,9,12,14,18H,8,16H2. The summed E-state index contributed by atoms with van der Waals surface area (Å²) in [4.78, 5) is 4.00. The van der Waals surface area contributed by atoms with Crippen LogP contribution in [0.2, 0.25) is 5.02 Å². The third-order valence-corrected chi connectivity index (χ3v) is 3.31. The molecule has 2 aromatic rings. The van der Waals surface area contributed by atoms with Crippen LogP contribution in [-0.4, -0.2) is 16.6 Å². The van der Waals surface area contributed by atoms with E-state index in [9.17, 15) is 5.11 Å². The van der Waals surface area contributed by atoms with Crippen molar-refractivity contribution in [1.29, 1.82) is 0 Å². The van der Waals surface area contributed by atoms with Crippen molar-refractivity contribution in [2.45, 2.75) is 12.0 Å². The zero-order valence-electron chi connectivity index (χ0n) is 9.83. The quantitative estimate of drug-likeness (QED) is 0.890. The molecule has 0 aliphatic carbocycles. The zero-order chi connectivity index (χ0) is 13.0. The lowest BCUT2D eigenvalue weighted by atomic mass is 9.90. The smallest absolute Gasteiger partial charge is 0.0886 e. The first-order valence-electron chi connectivity index (χ1n) is 5.76. The molecule has 2 unspecified atom stereocenters. The molecule has 0 saturated heterocycles. The molecular weight excluding hydrogens is 248 g/mol. The molecule has 0 saturated carbocycles. The Morgan fingerprint density at radius 3 is 2.61 bits per heavy atom. The number of pyridine rings is 1. The van der Waals surface area contributed by atoms with Gasteiger partial charge in [0.15, 0.2) is 0 Å². The number of hydrogen-bond acceptors (Lipinski definition) is 3. The molecule has 2 atom stereocenters. The van der Waals surface area contributed by atoms with E-state index in [2.05, 4.69) is 4.98 Å². The second-order valence-corrected chi connectivity index (χ2v) is 4.50. The van der Waals surface area contributed by atoms with Crippen LogP contribution in [0.1, 0.15) is 23.1 Å². The third kappa shape index (κ3) is 2.70. The number of rotatable bonds is 4. The lowest BCUT2D eigenvalue weighted by molar-refractivity contribution is 0.147. The number of halogens is 1. The topological polar surface area (TPSA) is 59.1 Å². The first-order chi connectivity index (χ1) is 8.74. The van der Waals surface area contributed by atoms with Gasteiger partial charge in [-0.3, -0.25) is 4.98 Å². The Balaban J connectivity index is 2.32. The van der Waals surface area contributed by atoms with Crippen molar-refractivity contribution in [3.05, 3.63) is 64.9 Å². The Morgan fingerprint density at radius 2 is 2.00 bits per heavy atom. The van der Waals surface area contributed by atoms with Gasteiger partial charge < -0.3 is 10.8 Å². The average molecular weight is 263 g/mol. The summed E-state index contributed by atoms with van der Waals surface area (Å²) in [6.07, 6.45) is 2.61. The summed E-state index contributed by atoms with van der Waals surface area (Å²) in [6.45, 7) is 0.319. The van der Waals surface area contributed by atoms with Gasteiger partial charge in [0.1, 0.15) is 0 Å². The van der Waals surface area contributed by atoms with Crippen LogP contribution in [0.15, 0.2) is 48.8 Å². The number of aliphatic hydroxyl groups is 1. The summed E-state index contributed by atoms with van der Waals surface area (Å²) in [6, 6.07) is 11.1. The van der Waals surface area contributed by atoms with Crippen LogP contribution in [0.4, 0.5) is 0 Å². The summed E-state index contributed by atoms with van der Waals surface area (Å²) in [7, 11) is 0. The highest BCUT2D eigenvalue weighted by atomic mass is 35.5. The van der Waals surface area contributed by atoms with Crippen LogP contribution in [0.25, 0.3) is 0 Å². The molecule has 1 heterocycles. The van der Waals surface area contributed by atoms with Gasteiger partial charge in [0, 0.05) is 29.9 Å². The summed E-state index contributed by atoms with van der Waals surface area (Å²) in [5.41, 5.74) is 7.38. The van der Waals surface area contributed by atoms with Crippen molar-refractivity contribution in [3.8, 4) is 0 Å². The molecule has 0 bridgehead atoms. The van der Waals surface area contributed by atoms with Gasteiger partial charge >= 0.3 is 0 Å². The number of benzene rings is 1. The molecule has 0 radical (unpaired) electrons. The highest BCUT2D eigenvalue weighted by Crippen LogP contribution is 2.33. The molecular formula is C14H15ClN2O. The lowest BCUT2D eigenvalue weighted by Crippen LogP contribution is -2.20. The summed E-state index contributed by atoms with van der Waals surface area (Å²) >= 11 is 6.15. The van der Waals surface area contributed by atoms with Crippen LogP contribution >= 0.6 is 11.6 Å². The molecule has 1 aromatic carbocycles. The van der Waals surface area contributed by atoms with Gasteiger partial charge in [0.05, 0.1) is 6.10 Å². The second-order valence-electron chi connectivity index (χ2n) is 4.09. The highest BCUT2D eigenvalue weighted by molar-refractivity contribution is 6.31. The molecule has 2 rings (SSSR count). The summed E-state index contributed by atoms with van der Waals surface area (Å²) in [5.74, 6) is -0.233. The van der Waals surface area contributed by atoms with E-state index in [0.717, 1.165) is 11.1 Å². The van der Waals surface area contributed by atoms with Crippen LogP contribution in [0.3, 0.4) is 0 Å². The van der Waals surface area contributed by atoms with Crippen LogP contribution < -0.4 is 5.73 Å². The normalized spacial score (nSPS) is 14.2. The molecule has 0 aliphatic heterocycles. The molecule has 3 nitrogen and oxygen atoms in total. The van der Waals surface area contributed by atoms with E-state index in [1.54, 1.807) is 24.5 Å². The first kappa shape index (κ1) is 13.0. The number of aliphatic hydroxyl groups excluding tert-OH is 1. The summed E-state index contributed by atoms with van der Waals surface area (Å²) in [5, 5.41) is 11.0. The van der Waals surface area contributed by atoms with Crippen molar-refractivity contribution in [2.75, 3.05) is 6.54 Å². The van der Waals surface area contributed by atoms with Gasteiger partial charge in [-0.2, -0.15) is 0 Å². The maximum atomic E-state index is 10.4. The number of hydrogen-bond donors (Lipinski definition) is 2. The van der Waals surface area contributed by atoms with Crippen molar-refractivity contribution in [3.63, 3.8) is 0 Å². The predicted octanol–water partition coefficient (Wildman–Crippen LogP) is 2.51. The van der Waals surface area contributed by atoms with Gasteiger partial charge in [-0.1, -0.05) is 35.9 Å². The van der Waals surface area contributed by atoms with Crippen molar-refractivity contribution in [2.24, 2.45) is 5.73 Å². The van der Waals surface area contributed by atoms with E-state index in [1.807, 2.05) is 24.3 Å². The molecule has 3 N–H and O–H groups in total. The molecule has 94 valence electrons. The van der Waals surface area contributed by atoms with E-state index in [-0.39, 0.29) is 5.92 Å². The molecule has 0 aliphatic rings. The Bertz CT molecular complexity index is 504. The highest BCUT2D eigenvalue weighted by Gasteiger charge is 2.23. The summed E-state index contributed by atoms with van der Waals surface area (Å²) < 4.78 is 0. The average Bonchev–Trinajstić information content (AvgIpc) is 2.42. The minimum absolute atomic E-state index is 0.233. The molecule has 18 heavy (non-hydrogen) atoms. The van der Waals surface area contributed by atoms with Gasteiger partial charge in [-0.05, 0) is 23.3 Å². The van der Waals surface area contributed by atoms with E-state index < -0.39 is 6.10 Å². The van der Waals surface area contributed by atoms with Gasteiger partial charge in [-0.25, -0.2) is 0 Å². The van der Waals surface area contributed by atoms with Crippen molar-refractivity contribution >= 4 is 11.6 Å². The first-order valence-corrected chi connectivity index (χ1v) is 6.14. The van der Waals surface area contributed by atoms with Crippen molar-refractivity contribution < 1.29 is 5.11 Å². The predicted molar refractivity (Wildman–Crippen MR) is 72.4 cm³/mol. The monoisotopic (exact) mass is 262 g/mol. The van der Waals surface area contributed by atoms with Crippen molar-refractivity contribution in [1.82, 2.24) is 4.98 Å². The minimum atomic E-state index is -0.705. The van der Waals surface area contributed by atoms with Gasteiger partial charge in [-0.15, -0.1) is 0 Å². The van der Waals surface area contributed by atoms with Crippen LogP contribution in [-0.2, 0) is 0 Å². The number of nitrogens with two attached hydrogens (primary N) is 1. The van der Waals surface area contributed by atoms with E-state index in [1.165, 1.54) is 0 Å². The third-order valence-electron chi connectivity index (χ3n) is 2.97. The molecule has 4 heteroatoms. The van der Waals surface area contributed by atoms with E-state index in [0.29, 0.717) is 11.6 Å². The number of nitrogens with zero attached hydrogens (tertiary/aromatic N) is 1. The van der Waals surface area contributed by atoms with Crippen LogP contribution in [0.5, 0.6) is 0 Å². The fourth-order valence-corrected chi connectivity index (χ4v) is 2.26. The van der Waals surface area contributed by atoms with Crippen LogP contribution in [0, 0.1) is 0 Å². The van der Waals surface area contributed by atoms with Gasteiger partial charge in [0.25, 0.3) is 0 Å². The second kappa shape index (κ2) is 5.96. The Labute approximate surface area is 111 Å². The maximum Gasteiger partial charge on any atom is 0.0886 e. The van der Waals surface area contributed by atoms with E-state index >= 15 is 0 Å². The molecule has 1 aromatic heterocycles. The largest absolute Gasteiger partial charge is 0.388 e. The minimum Gasteiger partial charge on any atom is -0.388 e. The lowest BCUT2D eigenvalue weighted by Gasteiger charge is -2.22. The number of aromatic nitrogens is 1. The SMILES string of the molecule is NCC(c1ccccc1Cl)C(O)c1cccnc1. The Kier molecular flexibility index (Phi) is 4.31. The maximum absolute atomic E-state index is 10.4. The fraction of sp³-hybridized carbons (Fsp3) is 0.214. The Hall–Kier alpha value is -1.42. The van der Waals surface area contributed by atoms with E-state index in [4.69, 9.17) is 17.3 Å². The molecule has 0 spiro atoms. The Morgan fingerprint density at radius 1 is 1.22 bits per heavy atom.